The first-order valence-corrected chi connectivity index (χ1v) is 17.5. The lowest BCUT2D eigenvalue weighted by Gasteiger charge is -2.47. The van der Waals surface area contributed by atoms with E-state index in [1.165, 1.54) is 25.0 Å². The molecule has 0 radical (unpaired) electrons. The molecule has 1 heterocycles. The number of anilines is 1. The van der Waals surface area contributed by atoms with Gasteiger partial charge in [0.25, 0.3) is 5.91 Å². The second-order valence-electron chi connectivity index (χ2n) is 12.8. The zero-order valence-electron chi connectivity index (χ0n) is 26.0. The van der Waals surface area contributed by atoms with Crippen LogP contribution >= 0.6 is 11.6 Å². The number of sulfonamides is 1. The van der Waals surface area contributed by atoms with Gasteiger partial charge in [-0.2, -0.15) is 0 Å². The van der Waals surface area contributed by atoms with Crippen molar-refractivity contribution in [1.82, 2.24) is 4.72 Å². The third-order valence-corrected chi connectivity index (χ3v) is 11.5. The minimum Gasteiger partial charge on any atom is -0.490 e. The molecule has 44 heavy (non-hydrogen) atoms. The van der Waals surface area contributed by atoms with Crippen molar-refractivity contribution in [3.8, 4) is 17.6 Å². The quantitative estimate of drug-likeness (QED) is 0.271. The highest BCUT2D eigenvalue weighted by Gasteiger charge is 2.47. The number of nitrogens with one attached hydrogen (secondary N) is 1. The maximum absolute atomic E-state index is 13.2. The molecule has 9 heteroatoms. The summed E-state index contributed by atoms with van der Waals surface area (Å²) < 4.78 is 33.8. The Bertz CT molecular complexity index is 1610. The van der Waals surface area contributed by atoms with E-state index in [0.29, 0.717) is 25.4 Å². The number of ether oxygens (including phenoxy) is 1. The molecule has 2 aromatic carbocycles. The Morgan fingerprint density at radius 1 is 1.27 bits per heavy atom. The van der Waals surface area contributed by atoms with Crippen molar-refractivity contribution in [2.24, 2.45) is 11.8 Å². The van der Waals surface area contributed by atoms with Gasteiger partial charge >= 0.3 is 0 Å². The summed E-state index contributed by atoms with van der Waals surface area (Å²) in [6, 6.07) is 11.3. The van der Waals surface area contributed by atoms with Crippen molar-refractivity contribution in [2.45, 2.75) is 82.5 Å². The number of hydrogen-bond donors (Lipinski definition) is 2. The van der Waals surface area contributed by atoms with Gasteiger partial charge in [-0.05, 0) is 113 Å². The van der Waals surface area contributed by atoms with Crippen molar-refractivity contribution in [1.29, 1.82) is 0 Å². The Balaban J connectivity index is 1.54. The molecule has 1 aliphatic heterocycles. The van der Waals surface area contributed by atoms with Crippen molar-refractivity contribution in [3.63, 3.8) is 0 Å². The van der Waals surface area contributed by atoms with Gasteiger partial charge in [0.05, 0.1) is 17.5 Å². The standard InChI is InChI=1S/C35H43ClN2O5S/c1-5-7-18-35(40,16-6-2)30-13-10-27(30)21-38-22-34(17-8-9-25-19-28(36)12-14-29(25)34)23-43-32-15-11-26(20-31(32)38)33(39)37-44(41,42)24(3)4/h7,11-12,14-15,18-20,24,27,30,40H,5,8-10,13,17,21-23H2,1-4H3,(H,37,39)/b18-7+/t27-,30+,34-,35+/m0/s1. The van der Waals surface area contributed by atoms with E-state index in [1.54, 1.807) is 25.1 Å². The van der Waals surface area contributed by atoms with Gasteiger partial charge in [-0.3, -0.25) is 4.79 Å². The molecule has 7 nitrogen and oxygen atoms in total. The largest absolute Gasteiger partial charge is 0.490 e. The smallest absolute Gasteiger partial charge is 0.264 e. The molecule has 0 unspecified atom stereocenters. The van der Waals surface area contributed by atoms with Crippen LogP contribution < -0.4 is 14.4 Å². The Morgan fingerprint density at radius 3 is 2.75 bits per heavy atom. The van der Waals surface area contributed by atoms with Crippen molar-refractivity contribution in [3.05, 3.63) is 70.3 Å². The molecule has 4 atom stereocenters. The van der Waals surface area contributed by atoms with Crippen LogP contribution in [0.25, 0.3) is 0 Å². The lowest BCUT2D eigenvalue weighted by Crippen LogP contribution is -2.52. The van der Waals surface area contributed by atoms with Crippen molar-refractivity contribution in [2.75, 3.05) is 24.6 Å². The fourth-order valence-corrected chi connectivity index (χ4v) is 7.77. The molecular formula is C35H43ClN2O5S. The van der Waals surface area contributed by atoms with E-state index in [2.05, 4.69) is 33.6 Å². The number of nitrogens with zero attached hydrogens (tertiary/aromatic N) is 1. The molecule has 0 bridgehead atoms. The SMILES string of the molecule is CC#C[C@@](O)(/C=C/CC)[C@@H]1CC[C@H]1CN1C[C@@]2(CCCc3cc(Cl)ccc32)COc2ccc(C(=O)NS(=O)(=O)C(C)C)cc21. The summed E-state index contributed by atoms with van der Waals surface area (Å²) >= 11 is 6.40. The van der Waals surface area contributed by atoms with Gasteiger partial charge < -0.3 is 14.7 Å². The maximum Gasteiger partial charge on any atom is 0.264 e. The van der Waals surface area contributed by atoms with E-state index in [-0.39, 0.29) is 22.8 Å². The Labute approximate surface area is 267 Å². The third kappa shape index (κ3) is 6.38. The summed E-state index contributed by atoms with van der Waals surface area (Å²) in [5, 5.41) is 11.6. The molecule has 2 aliphatic carbocycles. The molecule has 1 amide bonds. The first-order chi connectivity index (χ1) is 20.9. The predicted octanol–water partition coefficient (Wildman–Crippen LogP) is 6.03. The number of benzene rings is 2. The number of hydrogen-bond acceptors (Lipinski definition) is 6. The molecule has 0 saturated heterocycles. The first-order valence-electron chi connectivity index (χ1n) is 15.6. The van der Waals surface area contributed by atoms with E-state index in [0.717, 1.165) is 49.2 Å². The number of carbonyl (C=O) groups is 1. The number of allylic oxidation sites excluding steroid dienone is 1. The highest BCUT2D eigenvalue weighted by atomic mass is 35.5. The highest BCUT2D eigenvalue weighted by molar-refractivity contribution is 7.90. The van der Waals surface area contributed by atoms with Gasteiger partial charge in [-0.25, -0.2) is 13.1 Å². The fourth-order valence-electron chi connectivity index (χ4n) is 6.97. The van der Waals surface area contributed by atoms with Crippen LogP contribution in [0.1, 0.15) is 81.3 Å². The van der Waals surface area contributed by atoms with Crippen LogP contribution in [0.5, 0.6) is 5.75 Å². The number of halogens is 1. The molecule has 1 fully saturated rings. The number of aryl methyl sites for hydroxylation is 1. The Hall–Kier alpha value is -2.99. The van der Waals surface area contributed by atoms with E-state index in [1.807, 2.05) is 25.1 Å². The van der Waals surface area contributed by atoms with Crippen LogP contribution in [0.15, 0.2) is 48.6 Å². The van der Waals surface area contributed by atoms with Crippen molar-refractivity contribution >= 4 is 33.2 Å². The van der Waals surface area contributed by atoms with Crippen LogP contribution in [0.2, 0.25) is 5.02 Å². The molecule has 2 N–H and O–H groups in total. The minimum absolute atomic E-state index is 0.0403. The molecule has 5 rings (SSSR count). The van der Waals surface area contributed by atoms with Gasteiger partial charge in [0, 0.05) is 35.0 Å². The van der Waals surface area contributed by atoms with E-state index < -0.39 is 26.8 Å². The Kier molecular flexibility index (Phi) is 9.42. The van der Waals surface area contributed by atoms with Gasteiger partial charge in [-0.1, -0.05) is 36.6 Å². The van der Waals surface area contributed by atoms with Crippen LogP contribution in [0.3, 0.4) is 0 Å². The molecule has 1 saturated carbocycles. The van der Waals surface area contributed by atoms with E-state index in [9.17, 15) is 18.3 Å². The summed E-state index contributed by atoms with van der Waals surface area (Å²) in [6.45, 7) is 8.61. The topological polar surface area (TPSA) is 95.9 Å². The zero-order valence-corrected chi connectivity index (χ0v) is 27.6. The van der Waals surface area contributed by atoms with Crippen LogP contribution in [0.4, 0.5) is 5.69 Å². The maximum atomic E-state index is 13.2. The van der Waals surface area contributed by atoms with E-state index in [4.69, 9.17) is 16.3 Å². The van der Waals surface area contributed by atoms with Crippen LogP contribution in [-0.2, 0) is 21.9 Å². The van der Waals surface area contributed by atoms with Gasteiger partial charge in [-0.15, -0.1) is 5.92 Å². The number of amides is 1. The number of fused-ring (bicyclic) bond motifs is 3. The van der Waals surface area contributed by atoms with Gasteiger partial charge in [0.2, 0.25) is 10.0 Å². The minimum atomic E-state index is -3.80. The van der Waals surface area contributed by atoms with Gasteiger partial charge in [0.1, 0.15) is 11.4 Å². The van der Waals surface area contributed by atoms with Crippen LogP contribution in [-0.4, -0.2) is 50.0 Å². The summed E-state index contributed by atoms with van der Waals surface area (Å²) in [5.74, 6) is 6.10. The zero-order chi connectivity index (χ0) is 31.7. The molecular weight excluding hydrogens is 596 g/mol. The normalized spacial score (nSPS) is 24.3. The monoisotopic (exact) mass is 638 g/mol. The molecule has 236 valence electrons. The summed E-state index contributed by atoms with van der Waals surface area (Å²) in [7, 11) is -3.80. The molecule has 2 aromatic rings. The lowest BCUT2D eigenvalue weighted by atomic mass is 9.64. The molecule has 3 aliphatic rings. The highest BCUT2D eigenvalue weighted by Crippen LogP contribution is 2.48. The molecule has 0 aromatic heterocycles. The number of rotatable bonds is 8. The second-order valence-corrected chi connectivity index (χ2v) is 15.4. The van der Waals surface area contributed by atoms with Crippen LogP contribution in [0, 0.1) is 23.7 Å². The average molecular weight is 639 g/mol. The summed E-state index contributed by atoms with van der Waals surface area (Å²) in [4.78, 5) is 15.5. The van der Waals surface area contributed by atoms with E-state index >= 15 is 0 Å². The number of carbonyl (C=O) groups excluding carboxylic acids is 1. The second kappa shape index (κ2) is 12.8. The Morgan fingerprint density at radius 2 is 2.07 bits per heavy atom. The molecule has 1 spiro atoms. The van der Waals surface area contributed by atoms with Crippen molar-refractivity contribution < 1.29 is 23.1 Å². The number of aliphatic hydroxyl groups is 1. The third-order valence-electron chi connectivity index (χ3n) is 9.53. The predicted molar refractivity (Wildman–Crippen MR) is 176 cm³/mol. The first kappa shape index (κ1) is 32.4. The summed E-state index contributed by atoms with van der Waals surface area (Å²) in [5.41, 5.74) is 1.95. The summed E-state index contributed by atoms with van der Waals surface area (Å²) in [6.07, 6.45) is 9.33. The lowest BCUT2D eigenvalue weighted by molar-refractivity contribution is -0.00316. The van der Waals surface area contributed by atoms with Gasteiger partial charge in [0.15, 0.2) is 0 Å². The average Bonchev–Trinajstić information content (AvgIpc) is 3.11. The fraction of sp³-hybridized carbons (Fsp3) is 0.514.